The molecule has 8 nitrogen and oxygen atoms in total. The maximum atomic E-state index is 13.4. The molecule has 0 radical (unpaired) electrons. The minimum absolute atomic E-state index is 0.167. The smallest absolute Gasteiger partial charge is 0.331 e. The quantitative estimate of drug-likeness (QED) is 0.0464. The van der Waals surface area contributed by atoms with E-state index in [2.05, 4.69) is 9.72 Å². The van der Waals surface area contributed by atoms with Gasteiger partial charge in [0.25, 0.3) is 0 Å². The fraction of sp³-hybridized carbons (Fsp3) is 0.303. The maximum Gasteiger partial charge on any atom is 0.331 e. The van der Waals surface area contributed by atoms with Gasteiger partial charge in [-0.2, -0.15) is 0 Å². The number of unbranched alkanes of at least 4 members (excludes halogenated alkanes) is 1. The predicted octanol–water partition coefficient (Wildman–Crippen LogP) is 7.04. The number of ketones is 2. The molecule has 1 aromatic heterocycles. The van der Waals surface area contributed by atoms with Gasteiger partial charge >= 0.3 is 11.9 Å². The Morgan fingerprint density at radius 2 is 1.37 bits per heavy atom. The molecule has 0 N–H and O–H groups in total. The molecule has 0 bridgehead atoms. The highest BCUT2D eigenvalue weighted by Gasteiger charge is 2.19. The third-order valence-corrected chi connectivity index (χ3v) is 6.82. The lowest BCUT2D eigenvalue weighted by Crippen LogP contribution is -2.15. The molecule has 0 aliphatic heterocycles. The lowest BCUT2D eigenvalue weighted by atomic mass is 9.99. The van der Waals surface area contributed by atoms with Crippen LogP contribution in [0.25, 0.3) is 21.8 Å². The second-order valence-corrected chi connectivity index (χ2v) is 9.84. The van der Waals surface area contributed by atoms with E-state index in [-0.39, 0.29) is 23.2 Å². The van der Waals surface area contributed by atoms with E-state index in [1.807, 2.05) is 39.0 Å². The van der Waals surface area contributed by atoms with Crippen LogP contribution >= 0.6 is 0 Å². The van der Waals surface area contributed by atoms with Crippen LogP contribution in [-0.2, 0) is 21.0 Å². The van der Waals surface area contributed by atoms with Crippen molar-refractivity contribution in [2.24, 2.45) is 5.16 Å². The van der Waals surface area contributed by atoms with Crippen molar-refractivity contribution in [2.45, 2.75) is 66.3 Å². The number of aryl methyl sites for hydroxylation is 1. The fourth-order valence-corrected chi connectivity index (χ4v) is 4.80. The number of carbonyl (C=O) groups excluding carboxylic acids is 4. The molecule has 0 fully saturated rings. The van der Waals surface area contributed by atoms with Crippen LogP contribution in [0.2, 0.25) is 0 Å². The second-order valence-electron chi connectivity index (χ2n) is 9.84. The number of carbonyl (C=O) groups is 4. The third kappa shape index (κ3) is 6.60. The number of ether oxygens (including phenoxy) is 1. The van der Waals surface area contributed by atoms with Gasteiger partial charge in [0, 0.05) is 58.4 Å². The van der Waals surface area contributed by atoms with E-state index in [9.17, 15) is 19.2 Å². The average molecular weight is 555 g/mol. The molecule has 1 heterocycles. The van der Waals surface area contributed by atoms with Crippen molar-refractivity contribution in [3.63, 3.8) is 0 Å². The minimum atomic E-state index is -0.590. The number of Topliss-reactive ketones (excluding diaryl/α,β-unsaturated/α-hetero) is 1. The zero-order valence-electron chi connectivity index (χ0n) is 23.9. The van der Waals surface area contributed by atoms with E-state index in [0.717, 1.165) is 34.6 Å². The topological polar surface area (TPSA) is 104 Å². The number of benzene rings is 3. The first-order valence-corrected chi connectivity index (χ1v) is 14.0. The first-order valence-electron chi connectivity index (χ1n) is 14.0. The summed E-state index contributed by atoms with van der Waals surface area (Å²) < 4.78 is 7.49. The summed E-state index contributed by atoms with van der Waals surface area (Å²) in [6.45, 7) is 7.91. The maximum absolute atomic E-state index is 13.4. The Kier molecular flexibility index (Phi) is 9.45. The van der Waals surface area contributed by atoms with Crippen molar-refractivity contribution in [2.75, 3.05) is 0 Å². The highest BCUT2D eigenvalue weighted by Crippen LogP contribution is 2.32. The summed E-state index contributed by atoms with van der Waals surface area (Å²) in [5, 5.41) is 5.48. The Labute approximate surface area is 238 Å². The highest BCUT2D eigenvalue weighted by atomic mass is 16.7. The molecule has 3 aromatic carbocycles. The van der Waals surface area contributed by atoms with Crippen molar-refractivity contribution in [3.05, 3.63) is 77.4 Å². The molecular weight excluding hydrogens is 520 g/mol. The molecule has 0 saturated carbocycles. The van der Waals surface area contributed by atoms with Crippen molar-refractivity contribution in [3.8, 4) is 5.75 Å². The van der Waals surface area contributed by atoms with Crippen molar-refractivity contribution in [1.82, 2.24) is 4.57 Å². The SMILES string of the molecule is CCCCC(=O)Oc1ccc(C(=O)c2ccc3c(c2)c2cc(C(=O)/C(CCC)=N/OC(C)=O)ccc2n3CC)cc1. The van der Waals surface area contributed by atoms with E-state index in [4.69, 9.17) is 9.57 Å². The fourth-order valence-electron chi connectivity index (χ4n) is 4.80. The Morgan fingerprint density at radius 3 is 1.95 bits per heavy atom. The van der Waals surface area contributed by atoms with E-state index in [1.165, 1.54) is 6.92 Å². The van der Waals surface area contributed by atoms with E-state index < -0.39 is 5.97 Å². The van der Waals surface area contributed by atoms with Crippen LogP contribution in [-0.4, -0.2) is 33.8 Å². The van der Waals surface area contributed by atoms with Gasteiger partial charge in [-0.15, -0.1) is 0 Å². The number of oxime groups is 1. The predicted molar refractivity (Wildman–Crippen MR) is 159 cm³/mol. The summed E-state index contributed by atoms with van der Waals surface area (Å²) in [7, 11) is 0. The van der Waals surface area contributed by atoms with Crippen LogP contribution in [0.5, 0.6) is 5.75 Å². The summed E-state index contributed by atoms with van der Waals surface area (Å²) >= 11 is 0. The van der Waals surface area contributed by atoms with Crippen molar-refractivity contribution < 1.29 is 28.8 Å². The zero-order chi connectivity index (χ0) is 29.5. The molecule has 4 rings (SSSR count). The van der Waals surface area contributed by atoms with Crippen LogP contribution in [0.15, 0.2) is 65.8 Å². The normalized spacial score (nSPS) is 11.6. The molecule has 0 saturated heterocycles. The lowest BCUT2D eigenvalue weighted by Gasteiger charge is -2.06. The molecule has 8 heteroatoms. The standard InChI is InChI=1S/C33H34N2O6/c1-5-8-10-31(37)40-25-15-11-22(12-16-25)32(38)23-13-17-29-26(19-23)27-20-24(14-18-30(27)35(29)7-3)33(39)28(9-6-2)34-41-21(4)36/h11-20H,5-10H2,1-4H3/b34-28+. The van der Waals surface area contributed by atoms with Crippen LogP contribution in [0.3, 0.4) is 0 Å². The number of rotatable bonds is 12. The van der Waals surface area contributed by atoms with Crippen molar-refractivity contribution >= 4 is 51.0 Å². The van der Waals surface area contributed by atoms with Gasteiger partial charge in [-0.1, -0.05) is 31.8 Å². The molecule has 0 aliphatic rings. The molecule has 4 aromatic rings. The van der Waals surface area contributed by atoms with Gasteiger partial charge in [0.05, 0.1) is 0 Å². The summed E-state index contributed by atoms with van der Waals surface area (Å²) in [6, 6.07) is 17.6. The van der Waals surface area contributed by atoms with Crippen LogP contribution in [0.4, 0.5) is 0 Å². The van der Waals surface area contributed by atoms with Crippen molar-refractivity contribution in [1.29, 1.82) is 0 Å². The largest absolute Gasteiger partial charge is 0.427 e. The Balaban J connectivity index is 1.69. The molecule has 0 atom stereocenters. The Hall–Kier alpha value is -4.59. The van der Waals surface area contributed by atoms with Gasteiger partial charge in [-0.25, -0.2) is 4.79 Å². The summed E-state index contributed by atoms with van der Waals surface area (Å²) in [4.78, 5) is 54.7. The van der Waals surface area contributed by atoms with Gasteiger partial charge in [-0.3, -0.25) is 14.4 Å². The van der Waals surface area contributed by atoms with Gasteiger partial charge in [0.2, 0.25) is 5.78 Å². The zero-order valence-corrected chi connectivity index (χ0v) is 23.9. The van der Waals surface area contributed by atoms with E-state index >= 15 is 0 Å². The van der Waals surface area contributed by atoms with E-state index in [1.54, 1.807) is 42.5 Å². The number of fused-ring (bicyclic) bond motifs is 3. The Morgan fingerprint density at radius 1 is 0.756 bits per heavy atom. The number of hydrogen-bond donors (Lipinski definition) is 0. The molecule has 0 amide bonds. The Bertz CT molecular complexity index is 1650. The highest BCUT2D eigenvalue weighted by molar-refractivity contribution is 6.46. The number of hydrogen-bond acceptors (Lipinski definition) is 7. The molecule has 0 unspecified atom stereocenters. The molecule has 212 valence electrons. The number of aromatic nitrogens is 1. The van der Waals surface area contributed by atoms with E-state index in [0.29, 0.717) is 48.2 Å². The monoisotopic (exact) mass is 554 g/mol. The van der Waals surface area contributed by atoms with Crippen LogP contribution < -0.4 is 4.74 Å². The van der Waals surface area contributed by atoms with Gasteiger partial charge < -0.3 is 14.1 Å². The molecule has 41 heavy (non-hydrogen) atoms. The van der Waals surface area contributed by atoms with Gasteiger partial charge in [0.1, 0.15) is 11.5 Å². The average Bonchev–Trinajstić information content (AvgIpc) is 3.29. The van der Waals surface area contributed by atoms with Crippen LogP contribution in [0, 0.1) is 0 Å². The summed E-state index contributed by atoms with van der Waals surface area (Å²) in [5.41, 5.74) is 3.45. The summed E-state index contributed by atoms with van der Waals surface area (Å²) in [6.07, 6.45) is 3.07. The lowest BCUT2D eigenvalue weighted by molar-refractivity contribution is -0.141. The van der Waals surface area contributed by atoms with Gasteiger partial charge in [-0.05, 0) is 80.4 Å². The number of esters is 1. The first-order chi connectivity index (χ1) is 19.8. The van der Waals surface area contributed by atoms with Crippen LogP contribution in [0.1, 0.15) is 86.1 Å². The van der Waals surface area contributed by atoms with Gasteiger partial charge in [0.15, 0.2) is 5.78 Å². The number of nitrogens with zero attached hydrogens (tertiary/aromatic N) is 2. The molecule has 0 spiro atoms. The first kappa shape index (κ1) is 29.4. The molecule has 0 aliphatic carbocycles. The summed E-state index contributed by atoms with van der Waals surface area (Å²) in [5.74, 6) is -0.955. The minimum Gasteiger partial charge on any atom is -0.427 e. The molecular formula is C33H34N2O6. The second kappa shape index (κ2) is 13.2. The third-order valence-electron chi connectivity index (χ3n) is 6.82.